The molecule has 1 saturated carbocycles. The van der Waals surface area contributed by atoms with E-state index in [2.05, 4.69) is 23.4 Å². The maximum absolute atomic E-state index is 11.8. The highest BCUT2D eigenvalue weighted by molar-refractivity contribution is 5.92. The van der Waals surface area contributed by atoms with Crippen molar-refractivity contribution in [2.24, 2.45) is 11.8 Å². The van der Waals surface area contributed by atoms with Crippen molar-refractivity contribution < 1.29 is 9.53 Å². The third kappa shape index (κ3) is 2.53. The van der Waals surface area contributed by atoms with Crippen molar-refractivity contribution in [3.8, 4) is 0 Å². The van der Waals surface area contributed by atoms with Crippen LogP contribution in [0.15, 0.2) is 0 Å². The number of methoxy groups -OCH3 is 1. The van der Waals surface area contributed by atoms with Gasteiger partial charge >= 0.3 is 5.97 Å². The maximum atomic E-state index is 11.8. The number of hydrogen-bond acceptors (Lipinski definition) is 4. The van der Waals surface area contributed by atoms with Crippen molar-refractivity contribution in [1.29, 1.82) is 0 Å². The van der Waals surface area contributed by atoms with Gasteiger partial charge in [-0.25, -0.2) is 9.78 Å². The van der Waals surface area contributed by atoms with E-state index in [0.29, 0.717) is 17.8 Å². The summed E-state index contributed by atoms with van der Waals surface area (Å²) < 4.78 is 6.84. The number of rotatable bonds is 3. The molecule has 1 heterocycles. The van der Waals surface area contributed by atoms with E-state index in [1.165, 1.54) is 20.0 Å². The van der Waals surface area contributed by atoms with E-state index >= 15 is 0 Å². The highest BCUT2D eigenvalue weighted by atomic mass is 16.5. The zero-order valence-corrected chi connectivity index (χ0v) is 12.8. The lowest BCUT2D eigenvalue weighted by Gasteiger charge is -2.34. The molecule has 2 rings (SSSR count). The van der Waals surface area contributed by atoms with Gasteiger partial charge in [-0.05, 0) is 31.1 Å². The summed E-state index contributed by atoms with van der Waals surface area (Å²) in [6.07, 6.45) is 4.25. The number of anilines is 1. The molecule has 1 aliphatic rings. The zero-order valence-electron chi connectivity index (χ0n) is 12.8. The van der Waals surface area contributed by atoms with Gasteiger partial charge < -0.3 is 15.0 Å². The molecule has 2 N–H and O–H groups in total. The standard InChI is InChI=1S/C15H25N3O2/c1-5-12-17-13(15(19)20-4)14(16)18(12)11-7-6-9(2)8-10(11)3/h9-11H,5-8,16H2,1-4H3. The summed E-state index contributed by atoms with van der Waals surface area (Å²) in [7, 11) is 1.36. The van der Waals surface area contributed by atoms with E-state index in [0.717, 1.165) is 24.6 Å². The van der Waals surface area contributed by atoms with Crippen molar-refractivity contribution in [2.45, 2.75) is 52.5 Å². The Morgan fingerprint density at radius 1 is 1.45 bits per heavy atom. The lowest BCUT2D eigenvalue weighted by atomic mass is 9.79. The van der Waals surface area contributed by atoms with Crippen LogP contribution in [0, 0.1) is 11.8 Å². The Bertz CT molecular complexity index is 496. The van der Waals surface area contributed by atoms with Gasteiger partial charge in [0.05, 0.1) is 7.11 Å². The molecule has 3 atom stereocenters. The zero-order chi connectivity index (χ0) is 14.9. The minimum Gasteiger partial charge on any atom is -0.464 e. The fourth-order valence-electron chi connectivity index (χ4n) is 3.39. The highest BCUT2D eigenvalue weighted by Gasteiger charge is 2.31. The lowest BCUT2D eigenvalue weighted by molar-refractivity contribution is 0.0595. The van der Waals surface area contributed by atoms with Crippen molar-refractivity contribution in [3.63, 3.8) is 0 Å². The van der Waals surface area contributed by atoms with Crippen LogP contribution in [-0.4, -0.2) is 22.6 Å². The van der Waals surface area contributed by atoms with E-state index in [4.69, 9.17) is 10.5 Å². The first-order valence-corrected chi connectivity index (χ1v) is 7.44. The molecule has 0 saturated heterocycles. The van der Waals surface area contributed by atoms with Crippen LogP contribution in [-0.2, 0) is 11.2 Å². The van der Waals surface area contributed by atoms with Crippen LogP contribution in [0.1, 0.15) is 62.4 Å². The number of nitrogens with zero attached hydrogens (tertiary/aromatic N) is 2. The summed E-state index contributed by atoms with van der Waals surface area (Å²) in [6, 6.07) is 0.340. The third-order valence-electron chi connectivity index (χ3n) is 4.43. The number of aryl methyl sites for hydroxylation is 1. The molecule has 0 radical (unpaired) electrons. The predicted molar refractivity (Wildman–Crippen MR) is 78.6 cm³/mol. The van der Waals surface area contributed by atoms with Gasteiger partial charge in [-0.3, -0.25) is 0 Å². The number of nitrogens with two attached hydrogens (primary N) is 1. The number of imidazole rings is 1. The molecule has 0 aromatic carbocycles. The van der Waals surface area contributed by atoms with Gasteiger partial charge in [-0.15, -0.1) is 0 Å². The number of nitrogen functional groups attached to an aromatic ring is 1. The van der Waals surface area contributed by atoms with Gasteiger partial charge in [0.1, 0.15) is 11.6 Å². The van der Waals surface area contributed by atoms with Crippen LogP contribution in [0.4, 0.5) is 5.82 Å². The molecule has 1 aromatic rings. The summed E-state index contributed by atoms with van der Waals surface area (Å²) >= 11 is 0. The van der Waals surface area contributed by atoms with Gasteiger partial charge in [-0.1, -0.05) is 20.8 Å². The molecular formula is C15H25N3O2. The minimum absolute atomic E-state index is 0.259. The van der Waals surface area contributed by atoms with Crippen LogP contribution in [0.3, 0.4) is 0 Å². The first-order chi connectivity index (χ1) is 9.49. The van der Waals surface area contributed by atoms with E-state index in [9.17, 15) is 4.79 Å². The average molecular weight is 279 g/mol. The summed E-state index contributed by atoms with van der Waals surface area (Å²) in [6.45, 7) is 6.59. The number of hydrogen-bond donors (Lipinski definition) is 1. The molecule has 0 bridgehead atoms. The van der Waals surface area contributed by atoms with Gasteiger partial charge in [0.25, 0.3) is 0 Å². The van der Waals surface area contributed by atoms with Crippen LogP contribution < -0.4 is 5.73 Å². The topological polar surface area (TPSA) is 70.1 Å². The predicted octanol–water partition coefficient (Wildman–Crippen LogP) is 2.81. The average Bonchev–Trinajstić information content (AvgIpc) is 2.75. The smallest absolute Gasteiger partial charge is 0.360 e. The summed E-state index contributed by atoms with van der Waals surface area (Å²) in [4.78, 5) is 16.1. The Morgan fingerprint density at radius 3 is 2.70 bits per heavy atom. The Hall–Kier alpha value is -1.52. The quantitative estimate of drug-likeness (QED) is 0.864. The number of carbonyl (C=O) groups is 1. The summed E-state index contributed by atoms with van der Waals surface area (Å²) in [5, 5.41) is 0. The van der Waals surface area contributed by atoms with Crippen molar-refractivity contribution in [1.82, 2.24) is 9.55 Å². The number of ether oxygens (including phenoxy) is 1. The molecule has 112 valence electrons. The van der Waals surface area contributed by atoms with Crippen molar-refractivity contribution in [3.05, 3.63) is 11.5 Å². The molecular weight excluding hydrogens is 254 g/mol. The Labute approximate surface area is 120 Å². The van der Waals surface area contributed by atoms with E-state index < -0.39 is 5.97 Å². The van der Waals surface area contributed by atoms with Gasteiger partial charge in [0.15, 0.2) is 5.69 Å². The summed E-state index contributed by atoms with van der Waals surface area (Å²) in [5.74, 6) is 2.20. The lowest BCUT2D eigenvalue weighted by Crippen LogP contribution is -2.27. The van der Waals surface area contributed by atoms with Gasteiger partial charge in [0.2, 0.25) is 0 Å². The molecule has 1 fully saturated rings. The molecule has 0 spiro atoms. The molecule has 20 heavy (non-hydrogen) atoms. The van der Waals surface area contributed by atoms with Gasteiger partial charge in [0, 0.05) is 12.5 Å². The number of aromatic nitrogens is 2. The largest absolute Gasteiger partial charge is 0.464 e. The van der Waals surface area contributed by atoms with Crippen molar-refractivity contribution in [2.75, 3.05) is 12.8 Å². The fraction of sp³-hybridized carbons (Fsp3) is 0.733. The Balaban J connectivity index is 2.40. The molecule has 0 amide bonds. The first kappa shape index (κ1) is 14.9. The fourth-order valence-corrected chi connectivity index (χ4v) is 3.39. The second-order valence-corrected chi connectivity index (χ2v) is 5.94. The van der Waals surface area contributed by atoms with Gasteiger partial charge in [-0.2, -0.15) is 0 Å². The molecule has 1 aliphatic carbocycles. The van der Waals surface area contributed by atoms with E-state index in [1.54, 1.807) is 0 Å². The van der Waals surface area contributed by atoms with Crippen LogP contribution in [0.2, 0.25) is 0 Å². The monoisotopic (exact) mass is 279 g/mol. The van der Waals surface area contributed by atoms with Crippen LogP contribution >= 0.6 is 0 Å². The molecule has 3 unspecified atom stereocenters. The first-order valence-electron chi connectivity index (χ1n) is 7.44. The SMILES string of the molecule is CCc1nc(C(=O)OC)c(N)n1C1CCC(C)CC1C. The van der Waals surface area contributed by atoms with Crippen LogP contribution in [0.5, 0.6) is 0 Å². The van der Waals surface area contributed by atoms with E-state index in [-0.39, 0.29) is 5.69 Å². The van der Waals surface area contributed by atoms with E-state index in [1.807, 2.05) is 6.92 Å². The number of carbonyl (C=O) groups excluding carboxylic acids is 1. The summed E-state index contributed by atoms with van der Waals surface area (Å²) in [5.41, 5.74) is 6.44. The molecule has 1 aromatic heterocycles. The molecule has 5 nitrogen and oxygen atoms in total. The molecule has 0 aliphatic heterocycles. The minimum atomic E-state index is -0.451. The van der Waals surface area contributed by atoms with Crippen molar-refractivity contribution >= 4 is 11.8 Å². The third-order valence-corrected chi connectivity index (χ3v) is 4.43. The Kier molecular flexibility index (Phi) is 4.35. The second-order valence-electron chi connectivity index (χ2n) is 5.94. The normalized spacial score (nSPS) is 26.5. The second kappa shape index (κ2) is 5.85. The maximum Gasteiger partial charge on any atom is 0.360 e. The molecule has 5 heteroatoms. The number of esters is 1. The Morgan fingerprint density at radius 2 is 2.15 bits per heavy atom. The van der Waals surface area contributed by atoms with Crippen LogP contribution in [0.25, 0.3) is 0 Å². The highest BCUT2D eigenvalue weighted by Crippen LogP contribution is 2.39.